The predicted octanol–water partition coefficient (Wildman–Crippen LogP) is 0.788. The van der Waals surface area contributed by atoms with Crippen molar-refractivity contribution in [1.82, 2.24) is 14.7 Å². The molecule has 0 aromatic heterocycles. The Bertz CT molecular complexity index is 816. The second-order valence-corrected chi connectivity index (χ2v) is 9.82. The van der Waals surface area contributed by atoms with Gasteiger partial charge in [-0.25, -0.2) is 8.42 Å². The first-order valence-electron chi connectivity index (χ1n) is 9.80. The second-order valence-electron chi connectivity index (χ2n) is 7.81. The van der Waals surface area contributed by atoms with Crippen LogP contribution in [-0.4, -0.2) is 86.5 Å². The summed E-state index contributed by atoms with van der Waals surface area (Å²) < 4.78 is 23.1. The third kappa shape index (κ3) is 5.11. The van der Waals surface area contributed by atoms with Crippen molar-refractivity contribution in [2.75, 3.05) is 45.5 Å². The van der Waals surface area contributed by atoms with Crippen LogP contribution in [0.2, 0.25) is 0 Å². The maximum Gasteiger partial charge on any atom is 0.227 e. The number of piperazine rings is 1. The zero-order valence-electron chi connectivity index (χ0n) is 16.6. The molecule has 0 aliphatic carbocycles. The van der Waals surface area contributed by atoms with Crippen LogP contribution >= 0.6 is 0 Å². The largest absolute Gasteiger partial charge is 0.339 e. The molecule has 0 N–H and O–H groups in total. The zero-order valence-corrected chi connectivity index (χ0v) is 17.5. The quantitative estimate of drug-likeness (QED) is 0.721. The van der Waals surface area contributed by atoms with Crippen LogP contribution in [0.3, 0.4) is 0 Å². The SMILES string of the molecule is CC(=O)N1CCN(C(=O)Cc2ccc(S(C)(=O)=O)cc2)C[C@H]1CN1CCCC1. The average molecular weight is 408 g/mol. The van der Waals surface area contributed by atoms with Gasteiger partial charge < -0.3 is 14.7 Å². The van der Waals surface area contributed by atoms with Gasteiger partial charge in [0.15, 0.2) is 9.84 Å². The predicted molar refractivity (Wildman–Crippen MR) is 107 cm³/mol. The van der Waals surface area contributed by atoms with Gasteiger partial charge in [-0.2, -0.15) is 0 Å². The van der Waals surface area contributed by atoms with Crippen LogP contribution in [0.4, 0.5) is 0 Å². The monoisotopic (exact) mass is 407 g/mol. The highest BCUT2D eigenvalue weighted by molar-refractivity contribution is 7.90. The summed E-state index contributed by atoms with van der Waals surface area (Å²) in [6.45, 7) is 6.18. The van der Waals surface area contributed by atoms with Crippen molar-refractivity contribution < 1.29 is 18.0 Å². The van der Waals surface area contributed by atoms with E-state index in [1.807, 2.05) is 9.80 Å². The van der Waals surface area contributed by atoms with Gasteiger partial charge in [0.05, 0.1) is 17.4 Å². The van der Waals surface area contributed by atoms with Gasteiger partial charge >= 0.3 is 0 Å². The summed E-state index contributed by atoms with van der Waals surface area (Å²) >= 11 is 0. The molecule has 0 spiro atoms. The fourth-order valence-corrected chi connectivity index (χ4v) is 4.69. The Labute approximate surface area is 167 Å². The number of hydrogen-bond donors (Lipinski definition) is 0. The number of carbonyl (C=O) groups excluding carboxylic acids is 2. The molecule has 0 bridgehead atoms. The minimum absolute atomic E-state index is 0.0155. The van der Waals surface area contributed by atoms with Crippen molar-refractivity contribution in [3.05, 3.63) is 29.8 Å². The first kappa shape index (κ1) is 20.8. The number of rotatable bonds is 5. The van der Waals surface area contributed by atoms with Crippen molar-refractivity contribution in [3.8, 4) is 0 Å². The summed E-state index contributed by atoms with van der Waals surface area (Å²) in [6, 6.07) is 6.51. The summed E-state index contributed by atoms with van der Waals surface area (Å²) in [7, 11) is -3.24. The van der Waals surface area contributed by atoms with E-state index in [9.17, 15) is 18.0 Å². The van der Waals surface area contributed by atoms with Crippen LogP contribution in [-0.2, 0) is 25.8 Å². The lowest BCUT2D eigenvalue weighted by atomic mass is 10.1. The Kier molecular flexibility index (Phi) is 6.40. The van der Waals surface area contributed by atoms with Crippen LogP contribution < -0.4 is 0 Å². The lowest BCUT2D eigenvalue weighted by molar-refractivity contribution is -0.141. The van der Waals surface area contributed by atoms with Crippen LogP contribution in [0.1, 0.15) is 25.3 Å². The van der Waals surface area contributed by atoms with E-state index in [1.54, 1.807) is 31.2 Å². The van der Waals surface area contributed by atoms with Gasteiger partial charge in [0, 0.05) is 39.4 Å². The van der Waals surface area contributed by atoms with Crippen LogP contribution in [0.5, 0.6) is 0 Å². The molecule has 2 amide bonds. The van der Waals surface area contributed by atoms with Crippen LogP contribution in [0, 0.1) is 0 Å². The molecule has 0 unspecified atom stereocenters. The minimum atomic E-state index is -3.24. The van der Waals surface area contributed by atoms with E-state index in [0.717, 1.165) is 25.2 Å². The van der Waals surface area contributed by atoms with Gasteiger partial charge in [-0.3, -0.25) is 9.59 Å². The van der Waals surface area contributed by atoms with Gasteiger partial charge in [0.2, 0.25) is 11.8 Å². The standard InChI is InChI=1S/C20H29N3O4S/c1-16(24)23-12-11-22(15-18(23)14-21-9-3-4-10-21)20(25)13-17-5-7-19(8-6-17)28(2,26)27/h5-8,18H,3-4,9-15H2,1-2H3/t18-/m1/s1. The molecule has 7 nitrogen and oxygen atoms in total. The zero-order chi connectivity index (χ0) is 20.3. The van der Waals surface area contributed by atoms with E-state index < -0.39 is 9.84 Å². The Morgan fingerprint density at radius 1 is 1.04 bits per heavy atom. The number of hydrogen-bond acceptors (Lipinski definition) is 5. The molecular formula is C20H29N3O4S. The van der Waals surface area contributed by atoms with Gasteiger partial charge in [0.25, 0.3) is 0 Å². The van der Waals surface area contributed by atoms with Gasteiger partial charge in [0.1, 0.15) is 0 Å². The molecule has 0 radical (unpaired) electrons. The van der Waals surface area contributed by atoms with E-state index in [4.69, 9.17) is 0 Å². The number of carbonyl (C=O) groups is 2. The summed E-state index contributed by atoms with van der Waals surface area (Å²) in [5, 5.41) is 0. The van der Waals surface area contributed by atoms with Crippen molar-refractivity contribution in [2.45, 2.75) is 37.1 Å². The highest BCUT2D eigenvalue weighted by Crippen LogP contribution is 2.17. The summed E-state index contributed by atoms with van der Waals surface area (Å²) in [6.07, 6.45) is 3.79. The van der Waals surface area contributed by atoms with Gasteiger partial charge in [-0.15, -0.1) is 0 Å². The van der Waals surface area contributed by atoms with E-state index >= 15 is 0 Å². The molecule has 1 aromatic rings. The maximum absolute atomic E-state index is 12.8. The molecule has 0 saturated carbocycles. The maximum atomic E-state index is 12.8. The Morgan fingerprint density at radius 3 is 2.25 bits per heavy atom. The smallest absolute Gasteiger partial charge is 0.227 e. The van der Waals surface area contributed by atoms with Crippen molar-refractivity contribution in [3.63, 3.8) is 0 Å². The third-order valence-corrected chi connectivity index (χ3v) is 6.74. The fourth-order valence-electron chi connectivity index (χ4n) is 4.06. The van der Waals surface area contributed by atoms with Crippen LogP contribution in [0.15, 0.2) is 29.2 Å². The molecule has 1 aromatic carbocycles. The Hall–Kier alpha value is -1.93. The third-order valence-electron chi connectivity index (χ3n) is 5.61. The van der Waals surface area contributed by atoms with Crippen molar-refractivity contribution >= 4 is 21.7 Å². The van der Waals surface area contributed by atoms with E-state index in [2.05, 4.69) is 4.90 Å². The topological polar surface area (TPSA) is 78.0 Å². The molecule has 28 heavy (non-hydrogen) atoms. The van der Waals surface area contributed by atoms with Gasteiger partial charge in [-0.05, 0) is 43.6 Å². The number of amides is 2. The van der Waals surface area contributed by atoms with Gasteiger partial charge in [-0.1, -0.05) is 12.1 Å². The Morgan fingerprint density at radius 2 is 1.68 bits per heavy atom. The number of benzene rings is 1. The molecule has 2 aliphatic heterocycles. The van der Waals surface area contributed by atoms with E-state index in [1.165, 1.54) is 19.1 Å². The average Bonchev–Trinajstić information content (AvgIpc) is 3.14. The molecule has 8 heteroatoms. The molecule has 2 fully saturated rings. The summed E-state index contributed by atoms with van der Waals surface area (Å²) in [5.74, 6) is 0.0781. The molecule has 154 valence electrons. The first-order valence-corrected chi connectivity index (χ1v) is 11.7. The normalized spacial score (nSPS) is 21.1. The van der Waals surface area contributed by atoms with E-state index in [-0.39, 0.29) is 29.2 Å². The molecular weight excluding hydrogens is 378 g/mol. The molecule has 3 rings (SSSR count). The summed E-state index contributed by atoms with van der Waals surface area (Å²) in [4.78, 5) is 31.2. The highest BCUT2D eigenvalue weighted by atomic mass is 32.2. The van der Waals surface area contributed by atoms with Crippen LogP contribution in [0.25, 0.3) is 0 Å². The Balaban J connectivity index is 1.63. The van der Waals surface area contributed by atoms with E-state index in [0.29, 0.717) is 19.6 Å². The molecule has 2 saturated heterocycles. The second kappa shape index (κ2) is 8.61. The number of nitrogens with zero attached hydrogens (tertiary/aromatic N) is 3. The number of sulfone groups is 1. The lowest BCUT2D eigenvalue weighted by Gasteiger charge is -2.42. The minimum Gasteiger partial charge on any atom is -0.339 e. The fraction of sp³-hybridized carbons (Fsp3) is 0.600. The number of likely N-dealkylation sites (tertiary alicyclic amines) is 1. The highest BCUT2D eigenvalue weighted by Gasteiger charge is 2.32. The molecule has 2 heterocycles. The molecule has 1 atom stereocenters. The van der Waals surface area contributed by atoms with Crippen molar-refractivity contribution in [2.24, 2.45) is 0 Å². The summed E-state index contributed by atoms with van der Waals surface area (Å²) in [5.41, 5.74) is 0.794. The molecule has 2 aliphatic rings. The van der Waals surface area contributed by atoms with Crippen molar-refractivity contribution in [1.29, 1.82) is 0 Å². The lowest BCUT2D eigenvalue weighted by Crippen LogP contribution is -2.59. The first-order chi connectivity index (χ1) is 13.2.